The van der Waals surface area contributed by atoms with Crippen molar-refractivity contribution in [2.24, 2.45) is 5.92 Å². The first-order valence-corrected chi connectivity index (χ1v) is 8.15. The van der Waals surface area contributed by atoms with E-state index in [1.165, 1.54) is 0 Å². The third kappa shape index (κ3) is 3.11. The van der Waals surface area contributed by atoms with Gasteiger partial charge in [0.2, 0.25) is 5.91 Å². The second-order valence-corrected chi connectivity index (χ2v) is 6.73. The number of amides is 2. The Balaban J connectivity index is 1.65. The van der Waals surface area contributed by atoms with Crippen molar-refractivity contribution < 1.29 is 19.2 Å². The maximum atomic E-state index is 12.5. The Kier molecular flexibility index (Phi) is 4.65. The van der Waals surface area contributed by atoms with Gasteiger partial charge in [-0.2, -0.15) is 5.48 Å². The van der Waals surface area contributed by atoms with Crippen LogP contribution >= 0.6 is 0 Å². The highest BCUT2D eigenvalue weighted by Crippen LogP contribution is 2.23. The summed E-state index contributed by atoms with van der Waals surface area (Å²) in [7, 11) is 0. The second kappa shape index (κ2) is 6.52. The van der Waals surface area contributed by atoms with E-state index in [4.69, 9.17) is 9.57 Å². The average Bonchev–Trinajstić information content (AvgIpc) is 2.51. The SMILES string of the molecule is CC(C)CC1ONC2CN(C3CCOCC3)C(=O)CN2C1=O. The molecule has 3 aliphatic heterocycles. The fourth-order valence-corrected chi connectivity index (χ4v) is 3.39. The molecule has 3 saturated heterocycles. The molecule has 22 heavy (non-hydrogen) atoms. The van der Waals surface area contributed by atoms with Gasteiger partial charge in [-0.05, 0) is 25.2 Å². The van der Waals surface area contributed by atoms with Gasteiger partial charge in [-0.15, -0.1) is 0 Å². The first-order chi connectivity index (χ1) is 10.6. The summed E-state index contributed by atoms with van der Waals surface area (Å²) >= 11 is 0. The van der Waals surface area contributed by atoms with Gasteiger partial charge in [-0.1, -0.05) is 13.8 Å². The van der Waals surface area contributed by atoms with Gasteiger partial charge in [0.25, 0.3) is 5.91 Å². The molecular weight excluding hydrogens is 286 g/mol. The maximum Gasteiger partial charge on any atom is 0.255 e. The molecule has 3 aliphatic rings. The normalized spacial score (nSPS) is 30.9. The van der Waals surface area contributed by atoms with Crippen molar-refractivity contribution in [1.82, 2.24) is 15.3 Å². The summed E-state index contributed by atoms with van der Waals surface area (Å²) in [6.07, 6.45) is 1.66. The lowest BCUT2D eigenvalue weighted by Gasteiger charge is -2.48. The average molecular weight is 311 g/mol. The van der Waals surface area contributed by atoms with Crippen LogP contribution in [0.5, 0.6) is 0 Å². The molecule has 2 atom stereocenters. The first-order valence-electron chi connectivity index (χ1n) is 8.15. The lowest BCUT2D eigenvalue weighted by Crippen LogP contribution is -2.69. The molecule has 0 aromatic heterocycles. The van der Waals surface area contributed by atoms with Gasteiger partial charge >= 0.3 is 0 Å². The highest BCUT2D eigenvalue weighted by atomic mass is 16.7. The summed E-state index contributed by atoms with van der Waals surface area (Å²) < 4.78 is 5.36. The number of hydrogen-bond donors (Lipinski definition) is 1. The molecule has 3 rings (SSSR count). The second-order valence-electron chi connectivity index (χ2n) is 6.73. The number of hydroxylamine groups is 1. The fraction of sp³-hybridized carbons (Fsp3) is 0.867. The lowest BCUT2D eigenvalue weighted by atomic mass is 10.0. The van der Waals surface area contributed by atoms with Gasteiger partial charge in [0.1, 0.15) is 12.7 Å². The Labute approximate surface area is 130 Å². The van der Waals surface area contributed by atoms with Crippen LogP contribution in [0.4, 0.5) is 0 Å². The molecule has 7 heteroatoms. The van der Waals surface area contributed by atoms with Gasteiger partial charge in [-0.3, -0.25) is 14.4 Å². The van der Waals surface area contributed by atoms with Gasteiger partial charge in [0.05, 0.1) is 6.54 Å². The zero-order valence-electron chi connectivity index (χ0n) is 13.3. The smallest absolute Gasteiger partial charge is 0.255 e. The molecule has 7 nitrogen and oxygen atoms in total. The van der Waals surface area contributed by atoms with Crippen LogP contribution in [0.2, 0.25) is 0 Å². The van der Waals surface area contributed by atoms with Gasteiger partial charge in [0, 0.05) is 19.3 Å². The molecule has 0 aliphatic carbocycles. The first kappa shape index (κ1) is 15.7. The summed E-state index contributed by atoms with van der Waals surface area (Å²) in [5.74, 6) is 0.326. The molecule has 0 aromatic carbocycles. The van der Waals surface area contributed by atoms with Gasteiger partial charge < -0.3 is 14.5 Å². The number of nitrogens with one attached hydrogen (secondary N) is 1. The van der Waals surface area contributed by atoms with Crippen LogP contribution in [0.15, 0.2) is 0 Å². The van der Waals surface area contributed by atoms with Crippen LogP contribution < -0.4 is 5.48 Å². The van der Waals surface area contributed by atoms with Crippen LogP contribution in [0, 0.1) is 5.92 Å². The molecular formula is C15H25N3O4. The Morgan fingerprint density at radius 3 is 2.64 bits per heavy atom. The minimum Gasteiger partial charge on any atom is -0.381 e. The molecule has 2 unspecified atom stereocenters. The predicted octanol–water partition coefficient (Wildman–Crippen LogP) is 0.112. The van der Waals surface area contributed by atoms with Crippen LogP contribution in [0.3, 0.4) is 0 Å². The van der Waals surface area contributed by atoms with Gasteiger partial charge in [-0.25, -0.2) is 0 Å². The number of carbonyl (C=O) groups excluding carboxylic acids is 2. The van der Waals surface area contributed by atoms with Crippen LogP contribution in [-0.2, 0) is 19.2 Å². The van der Waals surface area contributed by atoms with Crippen molar-refractivity contribution in [2.45, 2.75) is 51.4 Å². The molecule has 0 spiro atoms. The lowest BCUT2D eigenvalue weighted by molar-refractivity contribution is -0.193. The number of rotatable bonds is 3. The molecule has 3 heterocycles. The van der Waals surface area contributed by atoms with E-state index in [1.54, 1.807) is 4.90 Å². The third-order valence-corrected chi connectivity index (χ3v) is 4.59. The molecule has 0 radical (unpaired) electrons. The molecule has 124 valence electrons. The summed E-state index contributed by atoms with van der Waals surface area (Å²) in [6.45, 7) is 6.13. The Morgan fingerprint density at radius 1 is 1.23 bits per heavy atom. The Bertz CT molecular complexity index is 437. The van der Waals surface area contributed by atoms with E-state index in [-0.39, 0.29) is 30.6 Å². The van der Waals surface area contributed by atoms with Gasteiger partial charge in [0.15, 0.2) is 6.10 Å². The fourth-order valence-electron chi connectivity index (χ4n) is 3.39. The number of carbonyl (C=O) groups is 2. The molecule has 1 N–H and O–H groups in total. The zero-order valence-corrected chi connectivity index (χ0v) is 13.3. The van der Waals surface area contributed by atoms with Crippen molar-refractivity contribution in [3.05, 3.63) is 0 Å². The van der Waals surface area contributed by atoms with E-state index < -0.39 is 6.10 Å². The summed E-state index contributed by atoms with van der Waals surface area (Å²) in [6, 6.07) is 0.216. The largest absolute Gasteiger partial charge is 0.381 e. The summed E-state index contributed by atoms with van der Waals surface area (Å²) in [4.78, 5) is 34.0. The highest BCUT2D eigenvalue weighted by Gasteiger charge is 2.43. The van der Waals surface area contributed by atoms with E-state index in [9.17, 15) is 9.59 Å². The highest BCUT2D eigenvalue weighted by molar-refractivity contribution is 5.89. The Hall–Kier alpha value is -1.18. The zero-order chi connectivity index (χ0) is 15.7. The topological polar surface area (TPSA) is 71.1 Å². The van der Waals surface area contributed by atoms with Crippen LogP contribution in [0.1, 0.15) is 33.1 Å². The summed E-state index contributed by atoms with van der Waals surface area (Å²) in [5.41, 5.74) is 2.98. The molecule has 0 aromatic rings. The monoisotopic (exact) mass is 311 g/mol. The van der Waals surface area contributed by atoms with E-state index in [0.717, 1.165) is 12.8 Å². The maximum absolute atomic E-state index is 12.5. The summed E-state index contributed by atoms with van der Waals surface area (Å²) in [5, 5.41) is 0. The molecule has 2 amide bonds. The van der Waals surface area contributed by atoms with Crippen LogP contribution in [0.25, 0.3) is 0 Å². The number of piperazine rings is 1. The van der Waals surface area contributed by atoms with E-state index in [1.807, 2.05) is 4.90 Å². The van der Waals surface area contributed by atoms with Crippen molar-refractivity contribution in [3.8, 4) is 0 Å². The van der Waals surface area contributed by atoms with Crippen molar-refractivity contribution >= 4 is 11.8 Å². The van der Waals surface area contributed by atoms with E-state index in [2.05, 4.69) is 19.3 Å². The molecule has 0 bridgehead atoms. The van der Waals surface area contributed by atoms with E-state index >= 15 is 0 Å². The molecule has 3 fully saturated rings. The van der Waals surface area contributed by atoms with Crippen LogP contribution in [-0.4, -0.2) is 66.2 Å². The predicted molar refractivity (Wildman–Crippen MR) is 78.5 cm³/mol. The number of fused-ring (bicyclic) bond motifs is 1. The van der Waals surface area contributed by atoms with Crippen molar-refractivity contribution in [2.75, 3.05) is 26.3 Å². The molecule has 0 saturated carbocycles. The van der Waals surface area contributed by atoms with E-state index in [0.29, 0.717) is 32.1 Å². The third-order valence-electron chi connectivity index (χ3n) is 4.59. The number of hydrogen-bond acceptors (Lipinski definition) is 5. The minimum atomic E-state index is -0.487. The van der Waals surface area contributed by atoms with Crippen molar-refractivity contribution in [3.63, 3.8) is 0 Å². The quantitative estimate of drug-likeness (QED) is 0.801. The number of ether oxygens (including phenoxy) is 1. The van der Waals surface area contributed by atoms with Crippen molar-refractivity contribution in [1.29, 1.82) is 0 Å². The minimum absolute atomic E-state index is 0.0310. The standard InChI is InChI=1S/C15H25N3O4/c1-10(2)7-12-15(20)18-9-14(19)17(8-13(18)16-22-12)11-3-5-21-6-4-11/h10-13,16H,3-9H2,1-2H3. The Morgan fingerprint density at radius 2 is 1.95 bits per heavy atom. The number of nitrogens with zero attached hydrogens (tertiary/aromatic N) is 2.